The van der Waals surface area contributed by atoms with Gasteiger partial charge >= 0.3 is 0 Å². The van der Waals surface area contributed by atoms with Crippen molar-refractivity contribution in [2.24, 2.45) is 4.99 Å². The number of hydrogen-bond acceptors (Lipinski definition) is 4. The molecular formula is C17H25IN4OS. The van der Waals surface area contributed by atoms with E-state index in [0.717, 1.165) is 29.5 Å². The van der Waals surface area contributed by atoms with Gasteiger partial charge in [-0.05, 0) is 32.4 Å². The van der Waals surface area contributed by atoms with Crippen LogP contribution in [0.25, 0.3) is 0 Å². The van der Waals surface area contributed by atoms with E-state index < -0.39 is 0 Å². The molecule has 0 bridgehead atoms. The second-order valence-electron chi connectivity index (χ2n) is 5.36. The van der Waals surface area contributed by atoms with Crippen molar-refractivity contribution in [2.45, 2.75) is 33.4 Å². The third kappa shape index (κ3) is 6.27. The monoisotopic (exact) mass is 460 g/mol. The van der Waals surface area contributed by atoms with E-state index >= 15 is 0 Å². The molecule has 1 aromatic heterocycles. The number of aryl methyl sites for hydroxylation is 2. The lowest BCUT2D eigenvalue weighted by atomic mass is 10.2. The maximum absolute atomic E-state index is 5.96. The van der Waals surface area contributed by atoms with Gasteiger partial charge in [-0.3, -0.25) is 4.99 Å². The first kappa shape index (κ1) is 20.7. The average Bonchev–Trinajstić information content (AvgIpc) is 2.95. The van der Waals surface area contributed by atoms with Gasteiger partial charge in [-0.25, -0.2) is 4.98 Å². The summed E-state index contributed by atoms with van der Waals surface area (Å²) in [6, 6.07) is 8.04. The molecule has 0 saturated heterocycles. The maximum Gasteiger partial charge on any atom is 0.191 e. The lowest BCUT2D eigenvalue weighted by Gasteiger charge is -2.18. The highest BCUT2D eigenvalue weighted by Crippen LogP contribution is 2.17. The molecule has 0 fully saturated rings. The number of halogens is 1. The SMILES string of the molecule is CN=C(NCc1scnc1C)NCC(C)Oc1ccccc1C.I. The zero-order chi connectivity index (χ0) is 16.7. The lowest BCUT2D eigenvalue weighted by Crippen LogP contribution is -2.41. The van der Waals surface area contributed by atoms with Gasteiger partial charge in [0.05, 0.1) is 24.3 Å². The summed E-state index contributed by atoms with van der Waals surface area (Å²) in [5.41, 5.74) is 4.07. The van der Waals surface area contributed by atoms with E-state index in [2.05, 4.69) is 20.6 Å². The first-order chi connectivity index (χ1) is 11.1. The van der Waals surface area contributed by atoms with Crippen molar-refractivity contribution in [3.8, 4) is 5.75 Å². The first-order valence-electron chi connectivity index (χ1n) is 7.66. The highest BCUT2D eigenvalue weighted by atomic mass is 127. The van der Waals surface area contributed by atoms with E-state index in [1.807, 2.05) is 50.5 Å². The molecule has 0 saturated carbocycles. The van der Waals surface area contributed by atoms with E-state index in [1.54, 1.807) is 18.4 Å². The molecule has 0 amide bonds. The van der Waals surface area contributed by atoms with Crippen LogP contribution >= 0.6 is 35.3 Å². The minimum absolute atomic E-state index is 0. The van der Waals surface area contributed by atoms with Crippen molar-refractivity contribution in [3.63, 3.8) is 0 Å². The predicted octanol–water partition coefficient (Wildman–Crippen LogP) is 3.51. The number of para-hydroxylation sites is 1. The zero-order valence-electron chi connectivity index (χ0n) is 14.5. The summed E-state index contributed by atoms with van der Waals surface area (Å²) in [6.45, 7) is 7.51. The molecule has 2 N–H and O–H groups in total. The molecule has 0 aliphatic carbocycles. The summed E-state index contributed by atoms with van der Waals surface area (Å²) in [5, 5.41) is 6.59. The summed E-state index contributed by atoms with van der Waals surface area (Å²) in [7, 11) is 1.77. The number of nitrogens with one attached hydrogen (secondary N) is 2. The van der Waals surface area contributed by atoms with Crippen molar-refractivity contribution in [1.29, 1.82) is 0 Å². The fraction of sp³-hybridized carbons (Fsp3) is 0.412. The Balaban J connectivity index is 0.00000288. The molecule has 0 spiro atoms. The smallest absolute Gasteiger partial charge is 0.191 e. The number of nitrogens with zero attached hydrogens (tertiary/aromatic N) is 2. The molecule has 132 valence electrons. The molecule has 1 heterocycles. The fourth-order valence-corrected chi connectivity index (χ4v) is 2.78. The summed E-state index contributed by atoms with van der Waals surface area (Å²) < 4.78 is 5.96. The van der Waals surface area contributed by atoms with Crippen molar-refractivity contribution in [1.82, 2.24) is 15.6 Å². The minimum atomic E-state index is 0. The molecule has 1 aromatic carbocycles. The van der Waals surface area contributed by atoms with Crippen LogP contribution in [-0.2, 0) is 6.54 Å². The lowest BCUT2D eigenvalue weighted by molar-refractivity contribution is 0.222. The van der Waals surface area contributed by atoms with Crippen LogP contribution in [0.15, 0.2) is 34.8 Å². The topological polar surface area (TPSA) is 58.5 Å². The number of aromatic nitrogens is 1. The van der Waals surface area contributed by atoms with Gasteiger partial charge in [0.2, 0.25) is 0 Å². The zero-order valence-corrected chi connectivity index (χ0v) is 17.6. The molecule has 0 aliphatic rings. The van der Waals surface area contributed by atoms with Crippen LogP contribution in [0.4, 0.5) is 0 Å². The Labute approximate surface area is 165 Å². The Morgan fingerprint density at radius 3 is 2.67 bits per heavy atom. The molecule has 2 aromatic rings. The number of aliphatic imine (C=N–C) groups is 1. The summed E-state index contributed by atoms with van der Waals surface area (Å²) >= 11 is 1.65. The number of rotatable bonds is 6. The number of guanidine groups is 1. The van der Waals surface area contributed by atoms with Gasteiger partial charge in [0.25, 0.3) is 0 Å². The van der Waals surface area contributed by atoms with Crippen molar-refractivity contribution >= 4 is 41.3 Å². The second-order valence-corrected chi connectivity index (χ2v) is 6.30. The number of ether oxygens (including phenoxy) is 1. The number of benzene rings is 1. The largest absolute Gasteiger partial charge is 0.489 e. The van der Waals surface area contributed by atoms with Crippen LogP contribution in [0.2, 0.25) is 0 Å². The molecular weight excluding hydrogens is 435 g/mol. The molecule has 0 radical (unpaired) electrons. The van der Waals surface area contributed by atoms with Crippen molar-refractivity contribution < 1.29 is 4.74 Å². The van der Waals surface area contributed by atoms with Gasteiger partial charge in [0.15, 0.2) is 5.96 Å². The molecule has 24 heavy (non-hydrogen) atoms. The minimum Gasteiger partial charge on any atom is -0.489 e. The normalized spacial score (nSPS) is 12.2. The van der Waals surface area contributed by atoms with Crippen LogP contribution in [0.5, 0.6) is 5.75 Å². The Morgan fingerprint density at radius 1 is 1.29 bits per heavy atom. The van der Waals surface area contributed by atoms with Gasteiger partial charge in [0, 0.05) is 11.9 Å². The average molecular weight is 460 g/mol. The predicted molar refractivity (Wildman–Crippen MR) is 112 cm³/mol. The number of thiazole rings is 1. The van der Waals surface area contributed by atoms with Gasteiger partial charge < -0.3 is 15.4 Å². The van der Waals surface area contributed by atoms with E-state index in [0.29, 0.717) is 6.54 Å². The first-order valence-corrected chi connectivity index (χ1v) is 8.54. The van der Waals surface area contributed by atoms with Crippen LogP contribution in [-0.4, -0.2) is 30.6 Å². The van der Waals surface area contributed by atoms with Crippen LogP contribution in [0.1, 0.15) is 23.1 Å². The Morgan fingerprint density at radius 2 is 2.04 bits per heavy atom. The fourth-order valence-electron chi connectivity index (χ4n) is 2.07. The van der Waals surface area contributed by atoms with Crippen LogP contribution in [0, 0.1) is 13.8 Å². The second kappa shape index (κ2) is 10.5. The molecule has 0 aliphatic heterocycles. The maximum atomic E-state index is 5.96. The standard InChI is InChI=1S/C17H24N4OS.HI/c1-12-7-5-6-8-15(12)22-13(2)9-19-17(18-4)20-10-16-14(3)21-11-23-16;/h5-8,11,13H,9-10H2,1-4H3,(H2,18,19,20);1H. The Hall–Kier alpha value is -1.35. The van der Waals surface area contributed by atoms with Crippen LogP contribution < -0.4 is 15.4 Å². The third-order valence-corrected chi connectivity index (χ3v) is 4.40. The van der Waals surface area contributed by atoms with E-state index in [1.165, 1.54) is 4.88 Å². The molecule has 1 atom stereocenters. The van der Waals surface area contributed by atoms with Crippen molar-refractivity contribution in [2.75, 3.05) is 13.6 Å². The quantitative estimate of drug-likeness (QED) is 0.394. The number of hydrogen-bond donors (Lipinski definition) is 2. The van der Waals surface area contributed by atoms with Gasteiger partial charge in [-0.15, -0.1) is 35.3 Å². The molecule has 7 heteroatoms. The van der Waals surface area contributed by atoms with E-state index in [-0.39, 0.29) is 30.1 Å². The molecule has 5 nitrogen and oxygen atoms in total. The highest BCUT2D eigenvalue weighted by molar-refractivity contribution is 14.0. The van der Waals surface area contributed by atoms with Gasteiger partial charge in [-0.1, -0.05) is 18.2 Å². The van der Waals surface area contributed by atoms with E-state index in [9.17, 15) is 0 Å². The summed E-state index contributed by atoms with van der Waals surface area (Å²) in [5.74, 6) is 1.68. The van der Waals surface area contributed by atoms with Crippen LogP contribution in [0.3, 0.4) is 0 Å². The Kier molecular flexibility index (Phi) is 9.05. The third-order valence-electron chi connectivity index (χ3n) is 3.46. The van der Waals surface area contributed by atoms with Gasteiger partial charge in [0.1, 0.15) is 11.9 Å². The summed E-state index contributed by atoms with van der Waals surface area (Å²) in [4.78, 5) is 9.70. The molecule has 2 rings (SSSR count). The Bertz CT molecular complexity index is 660. The highest BCUT2D eigenvalue weighted by Gasteiger charge is 2.08. The summed E-state index contributed by atoms with van der Waals surface area (Å²) in [6.07, 6.45) is 0.0415. The molecule has 1 unspecified atom stereocenters. The van der Waals surface area contributed by atoms with E-state index in [4.69, 9.17) is 4.74 Å². The van der Waals surface area contributed by atoms with Gasteiger partial charge in [-0.2, -0.15) is 0 Å². The van der Waals surface area contributed by atoms with Crippen molar-refractivity contribution in [3.05, 3.63) is 45.9 Å².